The van der Waals surface area contributed by atoms with E-state index in [1.807, 2.05) is 30.3 Å². The minimum absolute atomic E-state index is 0.325. The lowest BCUT2D eigenvalue weighted by Crippen LogP contribution is -2.08. The third-order valence-electron chi connectivity index (χ3n) is 2.47. The molecule has 2 atom stereocenters. The highest BCUT2D eigenvalue weighted by Crippen LogP contribution is 2.27. The topological polar surface area (TPSA) is 0 Å². The van der Waals surface area contributed by atoms with Crippen LogP contribution in [0.1, 0.15) is 18.4 Å². The molecule has 0 aliphatic carbocycles. The van der Waals surface area contributed by atoms with E-state index < -0.39 is 0 Å². The fraction of sp³-hybridized carbons (Fsp3) is 0.333. The fourth-order valence-electron chi connectivity index (χ4n) is 1.41. The van der Waals surface area contributed by atoms with Crippen LogP contribution in [0.4, 0.5) is 0 Å². The molecule has 0 radical (unpaired) electrons. The molecule has 0 N–H and O–H groups in total. The number of halogens is 2. The normalized spacial score (nSPS) is 14.8. The summed E-state index contributed by atoms with van der Waals surface area (Å²) in [6.07, 6.45) is 1.93. The second kappa shape index (κ2) is 5.43. The lowest BCUT2D eigenvalue weighted by molar-refractivity contribution is 0.598. The molecule has 0 aliphatic rings. The quantitative estimate of drug-likeness (QED) is 0.527. The Balaban J connectivity index is 2.89. The zero-order chi connectivity index (χ0) is 10.6. The minimum atomic E-state index is 0.325. The highest BCUT2D eigenvalue weighted by Gasteiger charge is 2.15. The summed E-state index contributed by atoms with van der Waals surface area (Å²) in [7, 11) is 0. The largest absolute Gasteiger partial charge is 0.126 e. The first-order valence-electron chi connectivity index (χ1n) is 4.63. The van der Waals surface area contributed by atoms with Crippen molar-refractivity contribution in [3.8, 4) is 0 Å². The van der Waals surface area contributed by atoms with Crippen molar-refractivity contribution in [3.05, 3.63) is 47.5 Å². The molecule has 0 amide bonds. The number of allylic oxidation sites excluding steroid dienone is 1. The number of alkyl halides is 1. The van der Waals surface area contributed by atoms with E-state index in [9.17, 15) is 0 Å². The fourth-order valence-corrected chi connectivity index (χ4v) is 1.99. The monoisotopic (exact) mass is 228 g/mol. The summed E-state index contributed by atoms with van der Waals surface area (Å²) >= 11 is 11.8. The molecule has 2 unspecified atom stereocenters. The number of hydrogen-bond acceptors (Lipinski definition) is 0. The Hall–Kier alpha value is -0.460. The molecule has 2 heteroatoms. The molecule has 1 aromatic carbocycles. The van der Waals surface area contributed by atoms with Gasteiger partial charge in [0, 0.05) is 16.8 Å². The molecule has 0 nitrogen and oxygen atoms in total. The van der Waals surface area contributed by atoms with Crippen LogP contribution in [0.2, 0.25) is 5.02 Å². The van der Waals surface area contributed by atoms with Crippen LogP contribution < -0.4 is 0 Å². The van der Waals surface area contributed by atoms with Gasteiger partial charge in [0.25, 0.3) is 0 Å². The molecule has 0 saturated carbocycles. The van der Waals surface area contributed by atoms with Crippen LogP contribution in [0.25, 0.3) is 0 Å². The summed E-state index contributed by atoms with van der Waals surface area (Å²) in [5, 5.41) is 0.758. The molecule has 1 rings (SSSR count). The Morgan fingerprint density at radius 3 is 2.36 bits per heavy atom. The van der Waals surface area contributed by atoms with E-state index >= 15 is 0 Å². The molecule has 0 aliphatic heterocycles. The van der Waals surface area contributed by atoms with Gasteiger partial charge in [-0.15, -0.1) is 18.2 Å². The zero-order valence-electron chi connectivity index (χ0n) is 8.21. The Morgan fingerprint density at radius 2 is 1.93 bits per heavy atom. The van der Waals surface area contributed by atoms with Crippen molar-refractivity contribution in [3.63, 3.8) is 0 Å². The third-order valence-corrected chi connectivity index (χ3v) is 3.06. The second-order valence-corrected chi connectivity index (χ2v) is 4.15. The first kappa shape index (κ1) is 11.6. The lowest BCUT2D eigenvalue weighted by atomic mass is 9.89. The molecular weight excluding hydrogens is 215 g/mol. The molecule has 0 aromatic heterocycles. The Kier molecular flexibility index (Phi) is 4.50. The Morgan fingerprint density at radius 1 is 1.36 bits per heavy atom. The Bertz CT molecular complexity index is 290. The smallest absolute Gasteiger partial charge is 0.0406 e. The van der Waals surface area contributed by atoms with E-state index in [0.717, 1.165) is 5.02 Å². The van der Waals surface area contributed by atoms with E-state index in [2.05, 4.69) is 13.5 Å². The molecule has 0 spiro atoms. The number of rotatable bonds is 4. The maximum atomic E-state index is 5.93. The molecule has 1 aromatic rings. The highest BCUT2D eigenvalue weighted by molar-refractivity contribution is 6.30. The molecule has 0 bridgehead atoms. The van der Waals surface area contributed by atoms with Gasteiger partial charge >= 0.3 is 0 Å². The Labute approximate surface area is 95.5 Å². The first-order chi connectivity index (χ1) is 6.69. The van der Waals surface area contributed by atoms with E-state index in [0.29, 0.717) is 17.7 Å². The van der Waals surface area contributed by atoms with Crippen LogP contribution >= 0.6 is 23.2 Å². The summed E-state index contributed by atoms with van der Waals surface area (Å²) < 4.78 is 0. The number of benzene rings is 1. The molecule has 76 valence electrons. The average molecular weight is 229 g/mol. The van der Waals surface area contributed by atoms with Crippen LogP contribution in [-0.4, -0.2) is 5.88 Å². The van der Waals surface area contributed by atoms with Crippen LogP contribution in [0.3, 0.4) is 0 Å². The van der Waals surface area contributed by atoms with Gasteiger partial charge in [-0.3, -0.25) is 0 Å². The van der Waals surface area contributed by atoms with Gasteiger partial charge < -0.3 is 0 Å². The van der Waals surface area contributed by atoms with E-state index in [4.69, 9.17) is 23.2 Å². The molecule has 0 fully saturated rings. The molecule has 0 heterocycles. The maximum absolute atomic E-state index is 5.93. The van der Waals surface area contributed by atoms with Crippen molar-refractivity contribution in [2.24, 2.45) is 5.92 Å². The number of hydrogen-bond donors (Lipinski definition) is 0. The first-order valence-corrected chi connectivity index (χ1v) is 5.54. The van der Waals surface area contributed by atoms with Crippen LogP contribution in [0, 0.1) is 5.92 Å². The third kappa shape index (κ3) is 2.76. The van der Waals surface area contributed by atoms with Gasteiger partial charge in [0.2, 0.25) is 0 Å². The van der Waals surface area contributed by atoms with Crippen LogP contribution in [0.15, 0.2) is 36.9 Å². The molecule has 14 heavy (non-hydrogen) atoms. The van der Waals surface area contributed by atoms with E-state index in [1.165, 1.54) is 5.56 Å². The van der Waals surface area contributed by atoms with Crippen LogP contribution in [0.5, 0.6) is 0 Å². The van der Waals surface area contributed by atoms with E-state index in [-0.39, 0.29) is 0 Å². The summed E-state index contributed by atoms with van der Waals surface area (Å²) in [5.41, 5.74) is 1.22. The van der Waals surface area contributed by atoms with Crippen molar-refractivity contribution in [1.82, 2.24) is 0 Å². The van der Waals surface area contributed by atoms with Gasteiger partial charge in [-0.25, -0.2) is 0 Å². The SMILES string of the molecule is C=CC(C)C(CCl)c1ccc(Cl)cc1. The average Bonchev–Trinajstić information content (AvgIpc) is 2.21. The van der Waals surface area contributed by atoms with Crippen LogP contribution in [-0.2, 0) is 0 Å². The van der Waals surface area contributed by atoms with Gasteiger partial charge in [0.1, 0.15) is 0 Å². The van der Waals surface area contributed by atoms with Gasteiger partial charge in [-0.05, 0) is 23.6 Å². The van der Waals surface area contributed by atoms with E-state index in [1.54, 1.807) is 0 Å². The van der Waals surface area contributed by atoms with Gasteiger partial charge in [-0.1, -0.05) is 36.7 Å². The summed E-state index contributed by atoms with van der Waals surface area (Å²) in [6.45, 7) is 5.91. The zero-order valence-corrected chi connectivity index (χ0v) is 9.72. The van der Waals surface area contributed by atoms with Gasteiger partial charge in [-0.2, -0.15) is 0 Å². The van der Waals surface area contributed by atoms with Crippen molar-refractivity contribution >= 4 is 23.2 Å². The predicted molar refractivity (Wildman–Crippen MR) is 64.3 cm³/mol. The van der Waals surface area contributed by atoms with Crippen molar-refractivity contribution in [1.29, 1.82) is 0 Å². The van der Waals surface area contributed by atoms with Crippen molar-refractivity contribution < 1.29 is 0 Å². The maximum Gasteiger partial charge on any atom is 0.0406 e. The van der Waals surface area contributed by atoms with Crippen molar-refractivity contribution in [2.45, 2.75) is 12.8 Å². The molecule has 0 saturated heterocycles. The standard InChI is InChI=1S/C12H14Cl2/c1-3-9(2)12(8-13)10-4-6-11(14)7-5-10/h3-7,9,12H,1,8H2,2H3. The molecular formula is C12H14Cl2. The summed E-state index contributed by atoms with van der Waals surface area (Å²) in [4.78, 5) is 0. The predicted octanol–water partition coefficient (Wildman–Crippen LogP) is 4.48. The summed E-state index contributed by atoms with van der Waals surface area (Å²) in [5.74, 6) is 1.31. The minimum Gasteiger partial charge on any atom is -0.126 e. The second-order valence-electron chi connectivity index (χ2n) is 3.41. The van der Waals surface area contributed by atoms with Gasteiger partial charge in [0.15, 0.2) is 0 Å². The highest BCUT2D eigenvalue weighted by atomic mass is 35.5. The van der Waals surface area contributed by atoms with Crippen molar-refractivity contribution in [2.75, 3.05) is 5.88 Å². The lowest BCUT2D eigenvalue weighted by Gasteiger charge is -2.19. The van der Waals surface area contributed by atoms with Gasteiger partial charge in [0.05, 0.1) is 0 Å². The summed E-state index contributed by atoms with van der Waals surface area (Å²) in [6, 6.07) is 7.84.